The maximum Gasteiger partial charge on any atom is 0.410 e. The molecular formula is C18H29ClN4O4. The number of nitrogens with zero attached hydrogens (tertiary/aromatic N) is 2. The minimum atomic E-state index is -0.556. The van der Waals surface area contributed by atoms with E-state index in [9.17, 15) is 9.59 Å². The molecule has 152 valence electrons. The zero-order valence-electron chi connectivity index (χ0n) is 16.6. The Morgan fingerprint density at radius 3 is 2.70 bits per heavy atom. The molecule has 0 unspecified atom stereocenters. The summed E-state index contributed by atoms with van der Waals surface area (Å²) in [6, 6.07) is -0.236. The molecule has 8 nitrogen and oxygen atoms in total. The second-order valence-corrected chi connectivity index (χ2v) is 8.03. The number of ether oxygens (including phenoxy) is 2. The minimum Gasteiger partial charge on any atom is -0.444 e. The Kier molecular flexibility index (Phi) is 7.11. The topological polar surface area (TPSA) is 96.6 Å². The lowest BCUT2D eigenvalue weighted by Gasteiger charge is -2.38. The van der Waals surface area contributed by atoms with Gasteiger partial charge in [-0.25, -0.2) is 9.78 Å². The molecular weight excluding hydrogens is 372 g/mol. The fourth-order valence-corrected chi connectivity index (χ4v) is 3.19. The second-order valence-electron chi connectivity index (χ2n) is 7.67. The van der Waals surface area contributed by atoms with Gasteiger partial charge < -0.3 is 24.7 Å². The lowest BCUT2D eigenvalue weighted by atomic mass is 10.0. The molecule has 1 aromatic heterocycles. The summed E-state index contributed by atoms with van der Waals surface area (Å²) in [6.45, 7) is 8.32. The van der Waals surface area contributed by atoms with Crippen molar-refractivity contribution in [2.75, 3.05) is 20.2 Å². The number of carbonyl (C=O) groups excluding carboxylic acids is 2. The third kappa shape index (κ3) is 5.84. The van der Waals surface area contributed by atoms with Gasteiger partial charge in [-0.3, -0.25) is 4.79 Å². The van der Waals surface area contributed by atoms with Crippen LogP contribution in [0.1, 0.15) is 56.8 Å². The Labute approximate surface area is 164 Å². The van der Waals surface area contributed by atoms with Crippen molar-refractivity contribution in [3.8, 4) is 0 Å². The van der Waals surface area contributed by atoms with E-state index in [2.05, 4.69) is 15.3 Å². The van der Waals surface area contributed by atoms with Gasteiger partial charge in [-0.2, -0.15) is 0 Å². The fraction of sp³-hybridized carbons (Fsp3) is 0.722. The van der Waals surface area contributed by atoms with Crippen LogP contribution in [0.5, 0.6) is 0 Å². The highest BCUT2D eigenvalue weighted by Gasteiger charge is 2.35. The minimum absolute atomic E-state index is 0.188. The highest BCUT2D eigenvalue weighted by atomic mass is 35.5. The predicted molar refractivity (Wildman–Crippen MR) is 102 cm³/mol. The standard InChI is InChI=1S/C18H29ClN4O4/c1-6-7-12-14(19)22-15(20-12)16(24)21-11-8-9-23(10-13(11)26-5)17(25)27-18(2,3)4/h11,13H,6-10H2,1-5H3,(H,20,22)(H,21,24)/t11-,13+/m0/s1. The van der Waals surface area contributed by atoms with Crippen LogP contribution in [0, 0.1) is 0 Å². The van der Waals surface area contributed by atoms with Gasteiger partial charge in [0.05, 0.1) is 24.4 Å². The molecule has 1 aromatic rings. The van der Waals surface area contributed by atoms with E-state index in [0.717, 1.165) is 18.5 Å². The van der Waals surface area contributed by atoms with E-state index in [4.69, 9.17) is 21.1 Å². The molecule has 1 saturated heterocycles. The van der Waals surface area contributed by atoms with Crippen molar-refractivity contribution in [1.82, 2.24) is 20.2 Å². The summed E-state index contributed by atoms with van der Waals surface area (Å²) in [6.07, 6.45) is 1.47. The summed E-state index contributed by atoms with van der Waals surface area (Å²) in [5.41, 5.74) is 0.201. The number of likely N-dealkylation sites (tertiary alicyclic amines) is 1. The predicted octanol–water partition coefficient (Wildman–Crippen LogP) is 2.77. The van der Waals surface area contributed by atoms with Gasteiger partial charge in [0.25, 0.3) is 5.91 Å². The molecule has 9 heteroatoms. The van der Waals surface area contributed by atoms with Crippen LogP contribution in [0.3, 0.4) is 0 Å². The first-order valence-electron chi connectivity index (χ1n) is 9.20. The van der Waals surface area contributed by atoms with E-state index in [1.807, 2.05) is 27.7 Å². The molecule has 1 fully saturated rings. The van der Waals surface area contributed by atoms with Gasteiger partial charge in [-0.05, 0) is 33.6 Å². The van der Waals surface area contributed by atoms with Crippen LogP contribution >= 0.6 is 11.6 Å². The number of rotatable bonds is 5. The molecule has 2 rings (SSSR count). The summed E-state index contributed by atoms with van der Waals surface area (Å²) in [5.74, 6) is -0.148. The third-order valence-corrected chi connectivity index (χ3v) is 4.59. The van der Waals surface area contributed by atoms with Crippen molar-refractivity contribution < 1.29 is 19.1 Å². The SMILES string of the molecule is CCCc1[nH]c(C(=O)N[C@H]2CCN(C(=O)OC(C)(C)C)C[C@H]2OC)nc1Cl. The largest absolute Gasteiger partial charge is 0.444 e. The molecule has 2 heterocycles. The van der Waals surface area contributed by atoms with E-state index in [-0.39, 0.29) is 30.0 Å². The van der Waals surface area contributed by atoms with Gasteiger partial charge in [0, 0.05) is 13.7 Å². The molecule has 0 radical (unpaired) electrons. The summed E-state index contributed by atoms with van der Waals surface area (Å²) in [4.78, 5) is 33.5. The number of carbonyl (C=O) groups is 2. The maximum absolute atomic E-state index is 12.5. The molecule has 2 N–H and O–H groups in total. The second kappa shape index (κ2) is 8.93. The molecule has 0 bridgehead atoms. The molecule has 27 heavy (non-hydrogen) atoms. The van der Waals surface area contributed by atoms with E-state index in [1.54, 1.807) is 12.0 Å². The number of H-pyrrole nitrogens is 1. The van der Waals surface area contributed by atoms with Crippen molar-refractivity contribution >= 4 is 23.6 Å². The molecule has 2 amide bonds. The van der Waals surface area contributed by atoms with E-state index in [1.165, 1.54) is 0 Å². The first kappa shape index (κ1) is 21.5. The van der Waals surface area contributed by atoms with Crippen LogP contribution in [-0.2, 0) is 15.9 Å². The first-order chi connectivity index (χ1) is 12.6. The van der Waals surface area contributed by atoms with Crippen LogP contribution in [0.2, 0.25) is 5.15 Å². The Bertz CT molecular complexity index is 671. The smallest absolute Gasteiger partial charge is 0.410 e. The summed E-state index contributed by atoms with van der Waals surface area (Å²) in [7, 11) is 1.56. The molecule has 2 atom stereocenters. The Morgan fingerprint density at radius 2 is 2.11 bits per heavy atom. The molecule has 1 aliphatic rings. The monoisotopic (exact) mass is 400 g/mol. The quantitative estimate of drug-likeness (QED) is 0.792. The van der Waals surface area contributed by atoms with Crippen molar-refractivity contribution in [2.45, 2.75) is 64.7 Å². The van der Waals surface area contributed by atoms with Gasteiger partial charge in [0.2, 0.25) is 0 Å². The zero-order valence-corrected chi connectivity index (χ0v) is 17.4. The number of halogens is 1. The molecule has 0 aliphatic carbocycles. The van der Waals surface area contributed by atoms with Crippen LogP contribution < -0.4 is 5.32 Å². The lowest BCUT2D eigenvalue weighted by molar-refractivity contribution is -0.0172. The van der Waals surface area contributed by atoms with E-state index >= 15 is 0 Å². The summed E-state index contributed by atoms with van der Waals surface area (Å²) >= 11 is 6.07. The number of aryl methyl sites for hydroxylation is 1. The Hall–Kier alpha value is -1.80. The van der Waals surface area contributed by atoms with E-state index < -0.39 is 5.60 Å². The van der Waals surface area contributed by atoms with Gasteiger partial charge >= 0.3 is 6.09 Å². The highest BCUT2D eigenvalue weighted by molar-refractivity contribution is 6.30. The maximum atomic E-state index is 12.5. The number of hydrogen-bond acceptors (Lipinski definition) is 5. The Balaban J connectivity index is 1.98. The molecule has 0 spiro atoms. The van der Waals surface area contributed by atoms with Crippen LogP contribution in [0.25, 0.3) is 0 Å². The summed E-state index contributed by atoms with van der Waals surface area (Å²) in [5, 5.41) is 3.26. The number of aromatic amines is 1. The number of amides is 2. The molecule has 0 saturated carbocycles. The number of imidazole rings is 1. The van der Waals surface area contributed by atoms with Crippen molar-refractivity contribution in [3.63, 3.8) is 0 Å². The highest BCUT2D eigenvalue weighted by Crippen LogP contribution is 2.19. The number of hydrogen-bond donors (Lipinski definition) is 2. The lowest BCUT2D eigenvalue weighted by Crippen LogP contribution is -2.56. The number of piperidine rings is 1. The van der Waals surface area contributed by atoms with Crippen molar-refractivity contribution in [2.24, 2.45) is 0 Å². The number of aromatic nitrogens is 2. The van der Waals surface area contributed by atoms with Crippen LogP contribution in [0.15, 0.2) is 0 Å². The van der Waals surface area contributed by atoms with Gasteiger partial charge in [0.15, 0.2) is 11.0 Å². The normalized spacial score (nSPS) is 20.4. The fourth-order valence-electron chi connectivity index (χ4n) is 2.96. The van der Waals surface area contributed by atoms with Crippen LogP contribution in [0.4, 0.5) is 4.79 Å². The number of nitrogens with one attached hydrogen (secondary N) is 2. The third-order valence-electron chi connectivity index (χ3n) is 4.27. The van der Waals surface area contributed by atoms with Crippen molar-refractivity contribution in [3.05, 3.63) is 16.7 Å². The summed E-state index contributed by atoms with van der Waals surface area (Å²) < 4.78 is 10.9. The average Bonchev–Trinajstić information content (AvgIpc) is 2.95. The average molecular weight is 401 g/mol. The Morgan fingerprint density at radius 1 is 1.41 bits per heavy atom. The van der Waals surface area contributed by atoms with Gasteiger partial charge in [-0.1, -0.05) is 24.9 Å². The number of methoxy groups -OCH3 is 1. The van der Waals surface area contributed by atoms with E-state index in [0.29, 0.717) is 24.7 Å². The van der Waals surface area contributed by atoms with Gasteiger partial charge in [0.1, 0.15) is 5.60 Å². The molecule has 1 aliphatic heterocycles. The van der Waals surface area contributed by atoms with Gasteiger partial charge in [-0.15, -0.1) is 0 Å². The zero-order chi connectivity index (χ0) is 20.2. The first-order valence-corrected chi connectivity index (χ1v) is 9.58. The van der Waals surface area contributed by atoms with Crippen LogP contribution in [-0.4, -0.2) is 64.8 Å². The molecule has 0 aromatic carbocycles. The van der Waals surface area contributed by atoms with Crippen molar-refractivity contribution in [1.29, 1.82) is 0 Å².